The number of hydrogen-bond acceptors (Lipinski definition) is 6. The molecule has 0 bridgehead atoms. The quantitative estimate of drug-likeness (QED) is 0.290. The van der Waals surface area contributed by atoms with Gasteiger partial charge in [-0.15, -0.1) is 0 Å². The molecule has 4 aromatic rings. The topological polar surface area (TPSA) is 88.8 Å². The Kier molecular flexibility index (Phi) is 6.92. The summed E-state index contributed by atoms with van der Waals surface area (Å²) in [6.07, 6.45) is 8.52. The van der Waals surface area contributed by atoms with Gasteiger partial charge in [0.2, 0.25) is 0 Å². The van der Waals surface area contributed by atoms with Gasteiger partial charge in [-0.2, -0.15) is 5.10 Å². The maximum atomic E-state index is 5.02. The molecule has 0 aliphatic carbocycles. The number of nitrogens with zero attached hydrogens (tertiary/aromatic N) is 5. The summed E-state index contributed by atoms with van der Waals surface area (Å²) in [5.74, 6) is 0.741. The van der Waals surface area contributed by atoms with E-state index in [2.05, 4.69) is 86.7 Å². The number of fused-ring (bicyclic) bond motifs is 2. The van der Waals surface area contributed by atoms with Gasteiger partial charge in [0.25, 0.3) is 0 Å². The number of aromatic amines is 2. The molecule has 1 aromatic carbocycles. The Bertz CT molecular complexity index is 1510. The van der Waals surface area contributed by atoms with E-state index in [9.17, 15) is 0 Å². The van der Waals surface area contributed by atoms with E-state index in [1.807, 2.05) is 25.3 Å². The number of piperazine rings is 1. The molecular weight excluding hydrogens is 460 g/mol. The smallest absolute Gasteiger partial charge is 0.159 e. The van der Waals surface area contributed by atoms with Crippen LogP contribution in [0.3, 0.4) is 0 Å². The Hall–Kier alpha value is -4.17. The Morgan fingerprint density at radius 2 is 2.00 bits per heavy atom. The maximum absolute atomic E-state index is 5.02. The molecule has 0 unspecified atom stereocenters. The number of pyridine rings is 1. The summed E-state index contributed by atoms with van der Waals surface area (Å²) in [7, 11) is 2.17. The monoisotopic (exact) mass is 494 g/mol. The zero-order chi connectivity index (χ0) is 25.9. The van der Waals surface area contributed by atoms with Gasteiger partial charge in [-0.05, 0) is 56.3 Å². The molecule has 4 heterocycles. The van der Waals surface area contributed by atoms with Crippen LogP contribution in [0.4, 0.5) is 5.69 Å². The average Bonchev–Trinajstić information content (AvgIpc) is 3.55. The summed E-state index contributed by atoms with van der Waals surface area (Å²) in [4.78, 5) is 18.0. The van der Waals surface area contributed by atoms with Crippen molar-refractivity contribution < 1.29 is 0 Å². The number of para-hydroxylation sites is 1. The maximum Gasteiger partial charge on any atom is 0.159 e. The van der Waals surface area contributed by atoms with E-state index >= 15 is 0 Å². The van der Waals surface area contributed by atoms with Crippen LogP contribution in [0.1, 0.15) is 26.0 Å². The molecule has 0 radical (unpaired) electrons. The van der Waals surface area contributed by atoms with Gasteiger partial charge >= 0.3 is 0 Å². The van der Waals surface area contributed by atoms with Gasteiger partial charge in [0.05, 0.1) is 28.6 Å². The third-order valence-corrected chi connectivity index (χ3v) is 6.89. The van der Waals surface area contributed by atoms with E-state index in [4.69, 9.17) is 4.98 Å². The highest BCUT2D eigenvalue weighted by atomic mass is 15.3. The molecule has 0 amide bonds. The molecule has 1 aliphatic heterocycles. The molecular formula is C29H34N8. The summed E-state index contributed by atoms with van der Waals surface area (Å²) < 4.78 is 0. The molecule has 1 aliphatic rings. The van der Waals surface area contributed by atoms with E-state index in [-0.39, 0.29) is 0 Å². The molecule has 190 valence electrons. The predicted octanol–water partition coefficient (Wildman–Crippen LogP) is 5.24. The normalized spacial score (nSPS) is 15.5. The summed E-state index contributed by atoms with van der Waals surface area (Å²) in [5.41, 5.74) is 8.41. The fourth-order valence-corrected chi connectivity index (χ4v) is 4.60. The number of aromatic nitrogens is 5. The molecule has 0 saturated carbocycles. The minimum absolute atomic E-state index is 0.741. The van der Waals surface area contributed by atoms with Crippen molar-refractivity contribution in [2.75, 3.05) is 38.1 Å². The van der Waals surface area contributed by atoms with E-state index in [0.717, 1.165) is 94.4 Å². The lowest BCUT2D eigenvalue weighted by molar-refractivity contribution is 0.313. The van der Waals surface area contributed by atoms with E-state index in [1.54, 1.807) is 6.08 Å². The molecule has 3 N–H and O–H groups in total. The number of rotatable bonds is 8. The van der Waals surface area contributed by atoms with Crippen LogP contribution >= 0.6 is 0 Å². The third kappa shape index (κ3) is 4.93. The molecule has 1 saturated heterocycles. The van der Waals surface area contributed by atoms with Crippen molar-refractivity contribution in [2.24, 2.45) is 0 Å². The number of likely N-dealkylation sites (N-methyl/N-ethyl adjacent to an activating group) is 1. The molecule has 1 fully saturated rings. The lowest BCUT2D eigenvalue weighted by atomic mass is 10.1. The van der Waals surface area contributed by atoms with Crippen LogP contribution in [0, 0.1) is 0 Å². The minimum atomic E-state index is 0.741. The molecule has 0 atom stereocenters. The molecule has 3 aromatic heterocycles. The summed E-state index contributed by atoms with van der Waals surface area (Å²) in [6.45, 7) is 16.1. The number of imidazole rings is 1. The second-order valence-electron chi connectivity index (χ2n) is 9.37. The third-order valence-electron chi connectivity index (χ3n) is 6.89. The first kappa shape index (κ1) is 24.5. The van der Waals surface area contributed by atoms with Gasteiger partial charge in [-0.3, -0.25) is 10.1 Å². The van der Waals surface area contributed by atoms with Crippen LogP contribution in [0.5, 0.6) is 0 Å². The van der Waals surface area contributed by atoms with Crippen molar-refractivity contribution >= 4 is 33.2 Å². The number of anilines is 1. The first-order valence-corrected chi connectivity index (χ1v) is 12.7. The lowest BCUT2D eigenvalue weighted by Crippen LogP contribution is -2.44. The fraction of sp³-hybridized carbons (Fsp3) is 0.276. The van der Waals surface area contributed by atoms with Gasteiger partial charge < -0.3 is 20.1 Å². The second-order valence-corrected chi connectivity index (χ2v) is 9.37. The van der Waals surface area contributed by atoms with Crippen molar-refractivity contribution in [1.82, 2.24) is 35.4 Å². The number of H-pyrrole nitrogens is 2. The van der Waals surface area contributed by atoms with Crippen LogP contribution in [0.2, 0.25) is 0 Å². The Morgan fingerprint density at radius 1 is 1.19 bits per heavy atom. The highest BCUT2D eigenvalue weighted by Crippen LogP contribution is 2.32. The number of hydrogen-bond donors (Lipinski definition) is 3. The highest BCUT2D eigenvalue weighted by molar-refractivity contribution is 5.96. The van der Waals surface area contributed by atoms with Crippen molar-refractivity contribution in [3.63, 3.8) is 0 Å². The average molecular weight is 495 g/mol. The number of nitrogens with one attached hydrogen (secondary N) is 3. The molecule has 8 heteroatoms. The zero-order valence-electron chi connectivity index (χ0n) is 21.8. The minimum Gasteiger partial charge on any atom is -0.367 e. The summed E-state index contributed by atoms with van der Waals surface area (Å²) in [6, 6.07) is 8.38. The Morgan fingerprint density at radius 3 is 2.73 bits per heavy atom. The Labute approximate surface area is 217 Å². The van der Waals surface area contributed by atoms with Crippen molar-refractivity contribution in [3.8, 4) is 11.5 Å². The van der Waals surface area contributed by atoms with Gasteiger partial charge in [0, 0.05) is 43.0 Å². The SMILES string of the molecule is C=C/C(=C\C(=C/C)c1cc2c(-c3nc4c(N5CCN(C)CC5)cccc4[nH]3)n[nH]c2cn1)NC(=C)CC. The largest absolute Gasteiger partial charge is 0.367 e. The van der Waals surface area contributed by atoms with E-state index < -0.39 is 0 Å². The molecule has 37 heavy (non-hydrogen) atoms. The lowest BCUT2D eigenvalue weighted by Gasteiger charge is -2.34. The highest BCUT2D eigenvalue weighted by Gasteiger charge is 2.20. The molecule has 8 nitrogen and oxygen atoms in total. The van der Waals surface area contributed by atoms with Crippen LogP contribution < -0.4 is 10.2 Å². The van der Waals surface area contributed by atoms with Gasteiger partial charge in [0.1, 0.15) is 11.2 Å². The number of benzene rings is 1. The van der Waals surface area contributed by atoms with Crippen LogP contribution in [-0.4, -0.2) is 63.3 Å². The zero-order valence-corrected chi connectivity index (χ0v) is 21.8. The van der Waals surface area contributed by atoms with Crippen LogP contribution in [0.25, 0.3) is 39.0 Å². The number of allylic oxidation sites excluding steroid dienone is 5. The van der Waals surface area contributed by atoms with Crippen molar-refractivity contribution in [3.05, 3.63) is 78.9 Å². The van der Waals surface area contributed by atoms with Crippen molar-refractivity contribution in [2.45, 2.75) is 20.3 Å². The summed E-state index contributed by atoms with van der Waals surface area (Å²) in [5, 5.41) is 12.0. The van der Waals surface area contributed by atoms with Crippen molar-refractivity contribution in [1.29, 1.82) is 0 Å². The van der Waals surface area contributed by atoms with E-state index in [1.165, 1.54) is 0 Å². The van der Waals surface area contributed by atoms with Gasteiger partial charge in [-0.1, -0.05) is 32.2 Å². The van der Waals surface area contributed by atoms with E-state index in [0.29, 0.717) is 0 Å². The summed E-state index contributed by atoms with van der Waals surface area (Å²) >= 11 is 0. The van der Waals surface area contributed by atoms with Gasteiger partial charge in [0.15, 0.2) is 5.82 Å². The standard InChI is InChI=1S/C29H34N8/c1-6-19(4)31-21(8-3)16-20(7-2)24-17-22-25(18-30-24)34-35-27(22)29-32-23-10-9-11-26(28(23)33-29)37-14-12-36(5)13-15-37/h7-11,16-18,31H,3-4,6,12-15H2,1-2,5H3,(H,32,33)(H,34,35)/b20-7+,21-16+. The molecule has 5 rings (SSSR count). The fourth-order valence-electron chi connectivity index (χ4n) is 4.60. The van der Waals surface area contributed by atoms with Crippen LogP contribution in [0.15, 0.2) is 73.2 Å². The Balaban J connectivity index is 1.52. The van der Waals surface area contributed by atoms with Gasteiger partial charge in [-0.25, -0.2) is 4.98 Å². The first-order valence-electron chi connectivity index (χ1n) is 12.7. The molecule has 0 spiro atoms. The second kappa shape index (κ2) is 10.4. The first-order chi connectivity index (χ1) is 18.0. The van der Waals surface area contributed by atoms with Crippen LogP contribution in [-0.2, 0) is 0 Å². The predicted molar refractivity (Wildman–Crippen MR) is 153 cm³/mol.